The zero-order valence-electron chi connectivity index (χ0n) is 18.4. The molecule has 2 aromatic carbocycles. The highest BCUT2D eigenvalue weighted by Crippen LogP contribution is 2.34. The summed E-state index contributed by atoms with van der Waals surface area (Å²) in [5.41, 5.74) is 1.34. The summed E-state index contributed by atoms with van der Waals surface area (Å²) in [4.78, 5) is 15.7. The van der Waals surface area contributed by atoms with E-state index in [1.54, 1.807) is 18.2 Å². The van der Waals surface area contributed by atoms with Crippen molar-refractivity contribution in [2.75, 3.05) is 33.1 Å². The number of carbonyl (C=O) groups excluding carboxylic acids is 1. The van der Waals surface area contributed by atoms with Crippen LogP contribution in [0.2, 0.25) is 0 Å². The summed E-state index contributed by atoms with van der Waals surface area (Å²) >= 11 is 0. The van der Waals surface area contributed by atoms with E-state index in [0.29, 0.717) is 49.9 Å². The summed E-state index contributed by atoms with van der Waals surface area (Å²) in [6.45, 7) is 2.03. The molecule has 2 heterocycles. The van der Waals surface area contributed by atoms with E-state index in [1.165, 1.54) is 10.4 Å². The van der Waals surface area contributed by atoms with E-state index in [2.05, 4.69) is 0 Å². The Morgan fingerprint density at radius 3 is 2.55 bits per heavy atom. The van der Waals surface area contributed by atoms with Crippen molar-refractivity contribution in [3.05, 3.63) is 53.6 Å². The molecule has 3 aliphatic rings. The van der Waals surface area contributed by atoms with Gasteiger partial charge < -0.3 is 19.1 Å². The minimum Gasteiger partial charge on any atom is -0.454 e. The highest BCUT2D eigenvalue weighted by atomic mass is 32.2. The van der Waals surface area contributed by atoms with Crippen LogP contribution in [0.5, 0.6) is 11.5 Å². The van der Waals surface area contributed by atoms with E-state index in [4.69, 9.17) is 14.2 Å². The largest absolute Gasteiger partial charge is 0.454 e. The molecule has 0 unspecified atom stereocenters. The van der Waals surface area contributed by atoms with Gasteiger partial charge in [-0.1, -0.05) is 25.0 Å². The van der Waals surface area contributed by atoms with E-state index in [1.807, 2.05) is 23.1 Å². The van der Waals surface area contributed by atoms with Crippen LogP contribution in [0.3, 0.4) is 0 Å². The van der Waals surface area contributed by atoms with Crippen LogP contribution >= 0.6 is 0 Å². The van der Waals surface area contributed by atoms with E-state index >= 15 is 0 Å². The minimum atomic E-state index is -3.68. The van der Waals surface area contributed by atoms with Gasteiger partial charge in [-0.3, -0.25) is 4.79 Å². The van der Waals surface area contributed by atoms with Crippen molar-refractivity contribution in [1.82, 2.24) is 9.21 Å². The van der Waals surface area contributed by atoms with Gasteiger partial charge in [-0.2, -0.15) is 4.31 Å². The molecule has 1 saturated carbocycles. The monoisotopic (exact) mass is 472 g/mol. The molecule has 1 aliphatic carbocycles. The van der Waals surface area contributed by atoms with E-state index in [9.17, 15) is 13.2 Å². The summed E-state index contributed by atoms with van der Waals surface area (Å²) in [5.74, 6) is 1.24. The van der Waals surface area contributed by atoms with Crippen LogP contribution in [-0.2, 0) is 21.3 Å². The van der Waals surface area contributed by atoms with Gasteiger partial charge in [0.25, 0.3) is 5.91 Å². The van der Waals surface area contributed by atoms with Crippen LogP contribution in [-0.4, -0.2) is 62.7 Å². The van der Waals surface area contributed by atoms with Gasteiger partial charge in [0.2, 0.25) is 16.8 Å². The molecule has 2 aromatic rings. The number of carbonyl (C=O) groups is 1. The van der Waals surface area contributed by atoms with Gasteiger partial charge in [-0.05, 0) is 48.7 Å². The van der Waals surface area contributed by atoms with Crippen molar-refractivity contribution in [2.45, 2.75) is 43.2 Å². The molecule has 8 nitrogen and oxygen atoms in total. The Labute approximate surface area is 194 Å². The van der Waals surface area contributed by atoms with Gasteiger partial charge in [-0.25, -0.2) is 8.42 Å². The topological polar surface area (TPSA) is 85.4 Å². The molecule has 0 aromatic heterocycles. The highest BCUT2D eigenvalue weighted by molar-refractivity contribution is 7.89. The second-order valence-electron chi connectivity index (χ2n) is 8.60. The molecule has 0 spiro atoms. The number of nitrogens with zero attached hydrogens (tertiary/aromatic N) is 2. The summed E-state index contributed by atoms with van der Waals surface area (Å²) in [6, 6.07) is 12.3. The van der Waals surface area contributed by atoms with Crippen molar-refractivity contribution in [2.24, 2.45) is 0 Å². The smallest absolute Gasteiger partial charge is 0.254 e. The number of benzene rings is 2. The molecule has 0 N–H and O–H groups in total. The van der Waals surface area contributed by atoms with Crippen LogP contribution in [0.1, 0.15) is 41.6 Å². The summed E-state index contributed by atoms with van der Waals surface area (Å²) < 4.78 is 43.8. The molecule has 0 bridgehead atoms. The molecule has 176 valence electrons. The number of ether oxygens (including phenoxy) is 3. The molecule has 5 rings (SSSR count). The van der Waals surface area contributed by atoms with Gasteiger partial charge in [-0.15, -0.1) is 0 Å². The lowest BCUT2D eigenvalue weighted by Crippen LogP contribution is -2.41. The third-order valence-corrected chi connectivity index (χ3v) is 8.40. The third-order valence-electron chi connectivity index (χ3n) is 6.51. The van der Waals surface area contributed by atoms with Crippen molar-refractivity contribution < 1.29 is 27.4 Å². The fourth-order valence-electron chi connectivity index (χ4n) is 4.71. The summed E-state index contributed by atoms with van der Waals surface area (Å²) in [5, 5.41) is 0. The fourth-order valence-corrected chi connectivity index (χ4v) is 6.16. The average Bonchev–Trinajstić information content (AvgIpc) is 3.55. The lowest BCUT2D eigenvalue weighted by molar-refractivity contribution is 0.0663. The van der Waals surface area contributed by atoms with E-state index in [-0.39, 0.29) is 23.6 Å². The molecule has 1 amide bonds. The number of rotatable bonds is 6. The highest BCUT2D eigenvalue weighted by Gasteiger charge is 2.30. The SMILES string of the molecule is O=C(c1cccc(S(=O)(=O)N2CCOCC2)c1)N(Cc1ccc2c(c1)OCO2)C1CCCC1. The molecule has 9 heteroatoms. The predicted molar refractivity (Wildman–Crippen MR) is 121 cm³/mol. The number of fused-ring (bicyclic) bond motifs is 1. The maximum atomic E-state index is 13.7. The number of hydrogen-bond acceptors (Lipinski definition) is 6. The summed E-state index contributed by atoms with van der Waals surface area (Å²) in [7, 11) is -3.68. The van der Waals surface area contributed by atoms with E-state index < -0.39 is 10.0 Å². The zero-order chi connectivity index (χ0) is 22.8. The summed E-state index contributed by atoms with van der Waals surface area (Å²) in [6.07, 6.45) is 4.06. The van der Waals surface area contributed by atoms with Crippen LogP contribution in [0.4, 0.5) is 0 Å². The van der Waals surface area contributed by atoms with Gasteiger partial charge in [0.05, 0.1) is 18.1 Å². The van der Waals surface area contributed by atoms with Gasteiger partial charge in [0.1, 0.15) is 0 Å². The normalized spacial score (nSPS) is 19.0. The van der Waals surface area contributed by atoms with Crippen molar-refractivity contribution >= 4 is 15.9 Å². The average molecular weight is 473 g/mol. The Morgan fingerprint density at radius 2 is 1.76 bits per heavy atom. The first-order valence-electron chi connectivity index (χ1n) is 11.4. The Morgan fingerprint density at radius 1 is 1.00 bits per heavy atom. The van der Waals surface area contributed by atoms with Crippen molar-refractivity contribution in [3.8, 4) is 11.5 Å². The molecular formula is C24H28N2O6S. The Kier molecular flexibility index (Phi) is 6.27. The Bertz CT molecular complexity index is 1120. The molecule has 0 radical (unpaired) electrons. The molecule has 0 atom stereocenters. The second-order valence-corrected chi connectivity index (χ2v) is 10.5. The van der Waals surface area contributed by atoms with E-state index in [0.717, 1.165) is 31.2 Å². The van der Waals surface area contributed by atoms with Crippen LogP contribution in [0.25, 0.3) is 0 Å². The third kappa shape index (κ3) is 4.58. The van der Waals surface area contributed by atoms with Gasteiger partial charge in [0, 0.05) is 31.2 Å². The molecule has 2 fully saturated rings. The molecule has 2 aliphatic heterocycles. The number of amides is 1. The standard InChI is InChI=1S/C24H28N2O6S/c27-24(19-4-3-7-21(15-19)33(28,29)25-10-12-30-13-11-25)26(20-5-1-2-6-20)16-18-8-9-22-23(14-18)32-17-31-22/h3-4,7-9,14-15,20H,1-2,5-6,10-13,16-17H2. The Hall–Kier alpha value is -2.62. The first kappa shape index (κ1) is 22.2. The van der Waals surface area contributed by atoms with Gasteiger partial charge >= 0.3 is 0 Å². The maximum absolute atomic E-state index is 13.7. The lowest BCUT2D eigenvalue weighted by atomic mass is 10.1. The quantitative estimate of drug-likeness (QED) is 0.643. The second kappa shape index (κ2) is 9.32. The Balaban J connectivity index is 1.41. The predicted octanol–water partition coefficient (Wildman–Crippen LogP) is 3.02. The number of morpholine rings is 1. The number of hydrogen-bond donors (Lipinski definition) is 0. The van der Waals surface area contributed by atoms with Crippen LogP contribution < -0.4 is 9.47 Å². The maximum Gasteiger partial charge on any atom is 0.254 e. The van der Waals surface area contributed by atoms with Crippen LogP contribution in [0.15, 0.2) is 47.4 Å². The number of sulfonamides is 1. The molecule has 1 saturated heterocycles. The van der Waals surface area contributed by atoms with Crippen LogP contribution in [0, 0.1) is 0 Å². The first-order chi connectivity index (χ1) is 16.0. The zero-order valence-corrected chi connectivity index (χ0v) is 19.3. The minimum absolute atomic E-state index is 0.127. The lowest BCUT2D eigenvalue weighted by Gasteiger charge is -2.30. The van der Waals surface area contributed by atoms with Crippen molar-refractivity contribution in [3.63, 3.8) is 0 Å². The first-order valence-corrected chi connectivity index (χ1v) is 12.8. The molecule has 33 heavy (non-hydrogen) atoms. The molecular weight excluding hydrogens is 444 g/mol. The van der Waals surface area contributed by atoms with Gasteiger partial charge in [0.15, 0.2) is 11.5 Å². The fraction of sp³-hybridized carbons (Fsp3) is 0.458. The van der Waals surface area contributed by atoms with Crippen molar-refractivity contribution in [1.29, 1.82) is 0 Å².